The van der Waals surface area contributed by atoms with Crippen LogP contribution in [0.2, 0.25) is 0 Å². The number of benzene rings is 1. The largest absolute Gasteiger partial charge is 0.379 e. The van der Waals surface area contributed by atoms with Crippen LogP contribution in [0.3, 0.4) is 0 Å². The number of carbonyl (C=O) groups excluding carboxylic acids is 1. The average molecular weight is 383 g/mol. The fraction of sp³-hybridized carbons (Fsp3) is 0.545. The van der Waals surface area contributed by atoms with E-state index in [9.17, 15) is 4.79 Å². The van der Waals surface area contributed by atoms with Gasteiger partial charge in [0.05, 0.1) is 13.2 Å². The standard InChI is InChI=1S/C22H29N3O3/c1-17-5-7-18(8-6-17)19-15-20(28-24-19)21(26)23-16-22(9-3-2-4-10-22)25-11-13-27-14-12-25/h5-8,15H,2-4,9-14,16H2,1H3,(H,23,26). The van der Waals surface area contributed by atoms with Crippen molar-refractivity contribution in [3.05, 3.63) is 41.7 Å². The Bertz CT molecular complexity index is 788. The number of aryl methyl sites for hydroxylation is 1. The molecule has 1 N–H and O–H groups in total. The quantitative estimate of drug-likeness (QED) is 0.857. The molecule has 2 heterocycles. The van der Waals surface area contributed by atoms with Gasteiger partial charge in [0.1, 0.15) is 5.69 Å². The van der Waals surface area contributed by atoms with Crippen LogP contribution in [0.4, 0.5) is 0 Å². The van der Waals surface area contributed by atoms with Gasteiger partial charge in [0.15, 0.2) is 0 Å². The number of ether oxygens (including phenoxy) is 1. The SMILES string of the molecule is Cc1ccc(-c2cc(C(=O)NCC3(N4CCOCC4)CCCCC3)on2)cc1. The molecule has 1 aromatic heterocycles. The molecule has 6 nitrogen and oxygen atoms in total. The molecule has 2 aromatic rings. The van der Waals surface area contributed by atoms with Crippen molar-refractivity contribution in [2.24, 2.45) is 0 Å². The first kappa shape index (κ1) is 19.2. The molecule has 1 aliphatic heterocycles. The summed E-state index contributed by atoms with van der Waals surface area (Å²) < 4.78 is 10.9. The van der Waals surface area contributed by atoms with Crippen LogP contribution in [0, 0.1) is 6.92 Å². The molecular weight excluding hydrogens is 354 g/mol. The summed E-state index contributed by atoms with van der Waals surface area (Å²) in [6, 6.07) is 9.76. The highest BCUT2D eigenvalue weighted by molar-refractivity contribution is 5.92. The van der Waals surface area contributed by atoms with Crippen LogP contribution in [0.1, 0.15) is 48.2 Å². The summed E-state index contributed by atoms with van der Waals surface area (Å²) in [4.78, 5) is 15.2. The Labute approximate surface area is 166 Å². The summed E-state index contributed by atoms with van der Waals surface area (Å²) in [7, 11) is 0. The zero-order valence-corrected chi connectivity index (χ0v) is 16.6. The molecule has 0 atom stereocenters. The summed E-state index contributed by atoms with van der Waals surface area (Å²) in [6.07, 6.45) is 5.96. The fourth-order valence-electron chi connectivity index (χ4n) is 4.43. The van der Waals surface area contributed by atoms with Crippen molar-refractivity contribution in [1.29, 1.82) is 0 Å². The summed E-state index contributed by atoms with van der Waals surface area (Å²) >= 11 is 0. The number of amides is 1. The van der Waals surface area contributed by atoms with Crippen molar-refractivity contribution in [3.8, 4) is 11.3 Å². The molecule has 4 rings (SSSR count). The lowest BCUT2D eigenvalue weighted by molar-refractivity contribution is -0.0362. The molecule has 0 unspecified atom stereocenters. The van der Waals surface area contributed by atoms with E-state index < -0.39 is 0 Å². The number of hydrogen-bond donors (Lipinski definition) is 1. The van der Waals surface area contributed by atoms with E-state index in [1.807, 2.05) is 31.2 Å². The third-order valence-electron chi connectivity index (χ3n) is 6.13. The third-order valence-corrected chi connectivity index (χ3v) is 6.13. The summed E-state index contributed by atoms with van der Waals surface area (Å²) in [5, 5.41) is 7.20. The van der Waals surface area contributed by atoms with Gasteiger partial charge in [-0.25, -0.2) is 0 Å². The molecule has 6 heteroatoms. The lowest BCUT2D eigenvalue weighted by Gasteiger charge is -2.48. The number of nitrogens with one attached hydrogen (secondary N) is 1. The van der Waals surface area contributed by atoms with Gasteiger partial charge in [-0.2, -0.15) is 0 Å². The van der Waals surface area contributed by atoms with E-state index in [4.69, 9.17) is 9.26 Å². The zero-order valence-electron chi connectivity index (χ0n) is 16.6. The molecule has 0 radical (unpaired) electrons. The Balaban J connectivity index is 1.43. The molecule has 2 fully saturated rings. The molecule has 28 heavy (non-hydrogen) atoms. The van der Waals surface area contributed by atoms with Gasteiger partial charge in [-0.15, -0.1) is 0 Å². The second kappa shape index (κ2) is 8.45. The lowest BCUT2D eigenvalue weighted by Crippen LogP contribution is -2.59. The third kappa shape index (κ3) is 4.13. The van der Waals surface area contributed by atoms with Gasteiger partial charge in [-0.05, 0) is 19.8 Å². The monoisotopic (exact) mass is 383 g/mol. The number of carbonyl (C=O) groups is 1. The number of rotatable bonds is 5. The molecule has 1 amide bonds. The highest BCUT2D eigenvalue weighted by Gasteiger charge is 2.39. The second-order valence-corrected chi connectivity index (χ2v) is 8.01. The Kier molecular flexibility index (Phi) is 5.78. The van der Waals surface area contributed by atoms with E-state index in [0.29, 0.717) is 12.2 Å². The predicted molar refractivity (Wildman–Crippen MR) is 107 cm³/mol. The van der Waals surface area contributed by atoms with Crippen LogP contribution in [-0.4, -0.2) is 54.4 Å². The smallest absolute Gasteiger partial charge is 0.289 e. The number of nitrogens with zero attached hydrogens (tertiary/aromatic N) is 2. The van der Waals surface area contributed by atoms with E-state index in [2.05, 4.69) is 15.4 Å². The normalized spacial score (nSPS) is 20.0. The topological polar surface area (TPSA) is 67.6 Å². The minimum atomic E-state index is -0.191. The molecule has 1 aromatic carbocycles. The van der Waals surface area contributed by atoms with Gasteiger partial charge in [0, 0.05) is 36.8 Å². The molecule has 0 bridgehead atoms. The highest BCUT2D eigenvalue weighted by atomic mass is 16.5. The molecule has 2 aliphatic rings. The van der Waals surface area contributed by atoms with Crippen LogP contribution in [0.5, 0.6) is 0 Å². The van der Waals surface area contributed by atoms with E-state index in [1.165, 1.54) is 24.8 Å². The van der Waals surface area contributed by atoms with Crippen LogP contribution in [0.15, 0.2) is 34.9 Å². The second-order valence-electron chi connectivity index (χ2n) is 8.01. The fourth-order valence-corrected chi connectivity index (χ4v) is 4.43. The number of aromatic nitrogens is 1. The van der Waals surface area contributed by atoms with Gasteiger partial charge >= 0.3 is 0 Å². The Morgan fingerprint density at radius 3 is 2.57 bits per heavy atom. The maximum Gasteiger partial charge on any atom is 0.289 e. The van der Waals surface area contributed by atoms with Crippen LogP contribution >= 0.6 is 0 Å². The van der Waals surface area contributed by atoms with Gasteiger partial charge in [0.2, 0.25) is 5.76 Å². The van der Waals surface area contributed by atoms with Gasteiger partial charge in [-0.1, -0.05) is 54.2 Å². The Morgan fingerprint density at radius 1 is 1.14 bits per heavy atom. The first-order valence-electron chi connectivity index (χ1n) is 10.3. The van der Waals surface area contributed by atoms with E-state index in [1.54, 1.807) is 6.07 Å². The van der Waals surface area contributed by atoms with Crippen molar-refractivity contribution in [2.45, 2.75) is 44.6 Å². The molecule has 1 saturated carbocycles. The molecular formula is C22H29N3O3. The van der Waals surface area contributed by atoms with Crippen molar-refractivity contribution in [3.63, 3.8) is 0 Å². The summed E-state index contributed by atoms with van der Waals surface area (Å²) in [5.41, 5.74) is 2.86. The maximum atomic E-state index is 12.7. The molecule has 1 saturated heterocycles. The zero-order chi connectivity index (χ0) is 19.4. The van der Waals surface area contributed by atoms with Gasteiger partial charge < -0.3 is 14.6 Å². The number of hydrogen-bond acceptors (Lipinski definition) is 5. The van der Waals surface area contributed by atoms with Crippen molar-refractivity contribution < 1.29 is 14.1 Å². The van der Waals surface area contributed by atoms with Gasteiger partial charge in [0.25, 0.3) is 5.91 Å². The molecule has 1 aliphatic carbocycles. The number of morpholine rings is 1. The van der Waals surface area contributed by atoms with Crippen LogP contribution in [-0.2, 0) is 4.74 Å². The molecule has 0 spiro atoms. The predicted octanol–water partition coefficient (Wildman–Crippen LogP) is 3.41. The summed E-state index contributed by atoms with van der Waals surface area (Å²) in [5.74, 6) is 0.0765. The Hall–Kier alpha value is -2.18. The van der Waals surface area contributed by atoms with E-state index in [-0.39, 0.29) is 17.2 Å². The summed E-state index contributed by atoms with van der Waals surface area (Å²) in [6.45, 7) is 6.12. The van der Waals surface area contributed by atoms with Crippen molar-refractivity contribution >= 4 is 5.91 Å². The van der Waals surface area contributed by atoms with Crippen molar-refractivity contribution in [2.75, 3.05) is 32.8 Å². The van der Waals surface area contributed by atoms with Crippen molar-refractivity contribution in [1.82, 2.24) is 15.4 Å². The van der Waals surface area contributed by atoms with Crippen LogP contribution in [0.25, 0.3) is 11.3 Å². The lowest BCUT2D eigenvalue weighted by atomic mass is 9.79. The van der Waals surface area contributed by atoms with Gasteiger partial charge in [-0.3, -0.25) is 9.69 Å². The minimum absolute atomic E-state index is 0.0392. The minimum Gasteiger partial charge on any atom is -0.379 e. The average Bonchev–Trinajstić information content (AvgIpc) is 3.24. The highest BCUT2D eigenvalue weighted by Crippen LogP contribution is 2.34. The first-order chi connectivity index (χ1) is 13.7. The van der Waals surface area contributed by atoms with E-state index >= 15 is 0 Å². The Morgan fingerprint density at radius 2 is 1.86 bits per heavy atom. The maximum absolute atomic E-state index is 12.7. The van der Waals surface area contributed by atoms with Crippen LogP contribution < -0.4 is 5.32 Å². The first-order valence-corrected chi connectivity index (χ1v) is 10.3. The van der Waals surface area contributed by atoms with E-state index in [0.717, 1.165) is 44.7 Å². The molecule has 150 valence electrons.